The van der Waals surface area contributed by atoms with Crippen LogP contribution in [0.25, 0.3) is 6.08 Å². The fraction of sp³-hybridized carbons (Fsp3) is 0.414. The van der Waals surface area contributed by atoms with Crippen LogP contribution in [0.1, 0.15) is 57.9 Å². The number of allylic oxidation sites excluding steroid dienone is 1. The number of methoxy groups -OCH3 is 1. The molecule has 0 N–H and O–H groups in total. The van der Waals surface area contributed by atoms with Gasteiger partial charge in [0.2, 0.25) is 0 Å². The summed E-state index contributed by atoms with van der Waals surface area (Å²) in [6.07, 6.45) is 3.72. The third kappa shape index (κ3) is 5.07. The molecular formula is C29H33N3O5S. The van der Waals surface area contributed by atoms with Crippen LogP contribution in [0.15, 0.2) is 61.9 Å². The van der Waals surface area contributed by atoms with Gasteiger partial charge in [-0.15, -0.1) is 0 Å². The highest BCUT2D eigenvalue weighted by Crippen LogP contribution is 2.32. The molecule has 4 heterocycles. The van der Waals surface area contributed by atoms with Crippen molar-refractivity contribution < 1.29 is 18.7 Å². The van der Waals surface area contributed by atoms with E-state index in [9.17, 15) is 9.59 Å². The van der Waals surface area contributed by atoms with Crippen molar-refractivity contribution in [1.29, 1.82) is 0 Å². The minimum absolute atomic E-state index is 0.242. The maximum Gasteiger partial charge on any atom is 0.338 e. The van der Waals surface area contributed by atoms with Crippen molar-refractivity contribution in [3.63, 3.8) is 0 Å². The number of fused-ring (bicyclic) bond motifs is 1. The number of hydrogen-bond donors (Lipinski definition) is 0. The Morgan fingerprint density at radius 2 is 1.97 bits per heavy atom. The monoisotopic (exact) mass is 535 g/mol. The molecule has 0 saturated carbocycles. The van der Waals surface area contributed by atoms with E-state index in [-0.39, 0.29) is 11.7 Å². The molecule has 0 bridgehead atoms. The van der Waals surface area contributed by atoms with Gasteiger partial charge in [-0.2, -0.15) is 0 Å². The molecule has 1 fully saturated rings. The Balaban J connectivity index is 1.59. The van der Waals surface area contributed by atoms with Crippen molar-refractivity contribution in [1.82, 2.24) is 4.57 Å². The highest BCUT2D eigenvalue weighted by molar-refractivity contribution is 7.07. The van der Waals surface area contributed by atoms with E-state index < -0.39 is 12.0 Å². The number of piperidine rings is 1. The first-order valence-electron chi connectivity index (χ1n) is 13.0. The number of anilines is 1. The lowest BCUT2D eigenvalue weighted by molar-refractivity contribution is -0.143. The van der Waals surface area contributed by atoms with Crippen molar-refractivity contribution in [2.24, 2.45) is 10.9 Å². The average Bonchev–Trinajstić information content (AvgIpc) is 3.47. The van der Waals surface area contributed by atoms with Crippen molar-refractivity contribution in [2.45, 2.75) is 52.7 Å². The van der Waals surface area contributed by atoms with Gasteiger partial charge in [0, 0.05) is 25.2 Å². The van der Waals surface area contributed by atoms with E-state index in [1.165, 1.54) is 11.3 Å². The van der Waals surface area contributed by atoms with Crippen molar-refractivity contribution in [3.05, 3.63) is 78.7 Å². The zero-order chi connectivity index (χ0) is 27.0. The highest BCUT2D eigenvalue weighted by atomic mass is 32.1. The van der Waals surface area contributed by atoms with Gasteiger partial charge in [-0.05, 0) is 63.3 Å². The quantitative estimate of drug-likeness (QED) is 0.443. The van der Waals surface area contributed by atoms with Gasteiger partial charge in [-0.3, -0.25) is 9.36 Å². The molecule has 9 heteroatoms. The molecule has 3 aromatic rings. The number of carbonyl (C=O) groups excluding carboxylic acids is 1. The van der Waals surface area contributed by atoms with Gasteiger partial charge in [0.15, 0.2) is 10.7 Å². The molecule has 0 unspecified atom stereocenters. The number of thiazole rings is 1. The van der Waals surface area contributed by atoms with Crippen LogP contribution in [0.5, 0.6) is 5.75 Å². The van der Waals surface area contributed by atoms with Crippen LogP contribution in [0.2, 0.25) is 0 Å². The molecule has 0 spiro atoms. The Morgan fingerprint density at radius 3 is 2.68 bits per heavy atom. The molecule has 1 saturated heterocycles. The van der Waals surface area contributed by atoms with Crippen molar-refractivity contribution in [3.8, 4) is 5.75 Å². The molecule has 38 heavy (non-hydrogen) atoms. The molecule has 2 aliphatic rings. The lowest BCUT2D eigenvalue weighted by Crippen LogP contribution is -2.40. The molecule has 1 atom stereocenters. The predicted molar refractivity (Wildman–Crippen MR) is 147 cm³/mol. The molecule has 2 aromatic heterocycles. The molecule has 2 aliphatic heterocycles. The summed E-state index contributed by atoms with van der Waals surface area (Å²) in [4.78, 5) is 34.5. The summed E-state index contributed by atoms with van der Waals surface area (Å²) in [6.45, 7) is 9.58. The molecule has 0 radical (unpaired) electrons. The number of esters is 1. The van der Waals surface area contributed by atoms with E-state index in [0.717, 1.165) is 43.3 Å². The highest BCUT2D eigenvalue weighted by Gasteiger charge is 2.34. The SMILES string of the molecule is COc1cccc([C@H]2C(C(=O)OC(C)C)=C(C)N=c3s/c(=C\c4ccc(N5CCC(C)CC5)o4)c(=O)n32)c1. The first-order valence-corrected chi connectivity index (χ1v) is 13.8. The second-order valence-electron chi connectivity index (χ2n) is 10.2. The van der Waals surface area contributed by atoms with Crippen molar-refractivity contribution >= 4 is 29.3 Å². The van der Waals surface area contributed by atoms with Crippen molar-refractivity contribution in [2.75, 3.05) is 25.1 Å². The summed E-state index contributed by atoms with van der Waals surface area (Å²) >= 11 is 1.28. The van der Waals surface area contributed by atoms with E-state index >= 15 is 0 Å². The van der Waals surface area contributed by atoms with Gasteiger partial charge in [0.25, 0.3) is 5.56 Å². The minimum atomic E-state index is -0.697. The standard InChI is InChI=1S/C29H33N3O5S/c1-17(2)36-28(34)25-19(4)30-29-32(26(25)20-7-6-8-21(15-20)35-5)27(33)23(38-29)16-22-9-10-24(37-22)31-13-11-18(3)12-14-31/h6-10,15-18,26H,11-14H2,1-5H3/b23-16-/t26-/m0/s1. The maximum absolute atomic E-state index is 13.8. The molecule has 0 amide bonds. The number of aromatic nitrogens is 1. The normalized spacial score (nSPS) is 18.5. The number of rotatable bonds is 6. The number of benzene rings is 1. The lowest BCUT2D eigenvalue weighted by atomic mass is 9.95. The summed E-state index contributed by atoms with van der Waals surface area (Å²) in [5.74, 6) is 2.29. The Bertz CT molecular complexity index is 1550. The first kappa shape index (κ1) is 26.0. The number of nitrogens with zero attached hydrogens (tertiary/aromatic N) is 3. The van der Waals surface area contributed by atoms with E-state index in [1.807, 2.05) is 36.4 Å². The first-order chi connectivity index (χ1) is 18.2. The topological polar surface area (TPSA) is 86.3 Å². The smallest absolute Gasteiger partial charge is 0.338 e. The fourth-order valence-electron chi connectivity index (χ4n) is 4.94. The number of carbonyl (C=O) groups is 1. The zero-order valence-corrected chi connectivity index (χ0v) is 23.2. The Kier molecular flexibility index (Phi) is 7.29. The van der Waals surface area contributed by atoms with Gasteiger partial charge < -0.3 is 18.8 Å². The van der Waals surface area contributed by atoms with Gasteiger partial charge in [0.1, 0.15) is 11.5 Å². The van der Waals surface area contributed by atoms with E-state index in [4.69, 9.17) is 13.9 Å². The largest absolute Gasteiger partial charge is 0.497 e. The molecule has 200 valence electrons. The van der Waals surface area contributed by atoms with Crippen LogP contribution in [-0.2, 0) is 9.53 Å². The predicted octanol–water partition coefficient (Wildman–Crippen LogP) is 4.02. The van der Waals surface area contributed by atoms with Crippen LogP contribution >= 0.6 is 11.3 Å². The minimum Gasteiger partial charge on any atom is -0.497 e. The van der Waals surface area contributed by atoms with Crippen LogP contribution in [0, 0.1) is 5.92 Å². The second kappa shape index (κ2) is 10.6. The second-order valence-corrected chi connectivity index (χ2v) is 11.2. The fourth-order valence-corrected chi connectivity index (χ4v) is 5.96. The molecule has 0 aliphatic carbocycles. The molecular weight excluding hydrogens is 502 g/mol. The van der Waals surface area contributed by atoms with Gasteiger partial charge in [0.05, 0.1) is 35.1 Å². The summed E-state index contributed by atoms with van der Waals surface area (Å²) in [5, 5.41) is 0. The lowest BCUT2D eigenvalue weighted by Gasteiger charge is -2.29. The van der Waals surface area contributed by atoms with Crippen LogP contribution in [0.4, 0.5) is 5.88 Å². The van der Waals surface area contributed by atoms with E-state index in [0.29, 0.717) is 32.1 Å². The zero-order valence-electron chi connectivity index (χ0n) is 22.4. The third-order valence-electron chi connectivity index (χ3n) is 6.98. The molecule has 5 rings (SSSR count). The third-order valence-corrected chi connectivity index (χ3v) is 7.96. The summed E-state index contributed by atoms with van der Waals surface area (Å²) in [5.41, 5.74) is 1.36. The van der Waals surface area contributed by atoms with Gasteiger partial charge >= 0.3 is 5.97 Å². The summed E-state index contributed by atoms with van der Waals surface area (Å²) in [6, 6.07) is 10.5. The van der Waals surface area contributed by atoms with E-state index in [1.54, 1.807) is 38.5 Å². The van der Waals surface area contributed by atoms with Gasteiger partial charge in [-0.25, -0.2) is 9.79 Å². The average molecular weight is 536 g/mol. The number of furan rings is 1. The van der Waals surface area contributed by atoms with Gasteiger partial charge in [-0.1, -0.05) is 30.4 Å². The van der Waals surface area contributed by atoms with Crippen LogP contribution in [-0.4, -0.2) is 36.8 Å². The number of ether oxygens (including phenoxy) is 2. The van der Waals surface area contributed by atoms with Crippen LogP contribution < -0.4 is 24.5 Å². The Labute approximate surface area is 225 Å². The summed E-state index contributed by atoms with van der Waals surface area (Å²) in [7, 11) is 1.59. The maximum atomic E-state index is 13.8. The van der Waals surface area contributed by atoms with E-state index in [2.05, 4.69) is 16.8 Å². The Morgan fingerprint density at radius 1 is 1.21 bits per heavy atom. The molecule has 8 nitrogen and oxygen atoms in total. The molecule has 1 aromatic carbocycles. The Hall–Kier alpha value is -3.59. The van der Waals surface area contributed by atoms with Crippen LogP contribution in [0.3, 0.4) is 0 Å². The number of hydrogen-bond acceptors (Lipinski definition) is 8. The summed E-state index contributed by atoms with van der Waals surface area (Å²) < 4.78 is 19.2.